The fraction of sp³-hybridized carbons (Fsp3) is 0.125. The van der Waals surface area contributed by atoms with Gasteiger partial charge in [0.25, 0.3) is 0 Å². The molecule has 0 saturated carbocycles. The Morgan fingerprint density at radius 2 is 1.58 bits per heavy atom. The molecule has 0 atom stereocenters. The van der Waals surface area contributed by atoms with Crippen LogP contribution in [-0.4, -0.2) is 17.5 Å². The van der Waals surface area contributed by atoms with Crippen LogP contribution in [0.15, 0.2) is 60.7 Å². The monoisotopic (exact) mass is 254 g/mol. The normalized spacial score (nSPS) is 9.95. The Kier molecular flexibility index (Phi) is 4.56. The summed E-state index contributed by atoms with van der Waals surface area (Å²) in [4.78, 5) is 13.6. The van der Waals surface area contributed by atoms with E-state index in [2.05, 4.69) is 6.92 Å². The summed E-state index contributed by atoms with van der Waals surface area (Å²) in [5.41, 5.74) is 1.05. The van der Waals surface area contributed by atoms with Crippen LogP contribution in [0.25, 0.3) is 0 Å². The average Bonchev–Trinajstić information content (AvgIpc) is 2.47. The minimum Gasteiger partial charge on any atom is -0.410 e. The first-order valence-electron chi connectivity index (χ1n) is 6.14. The molecular weight excluding hydrogens is 238 g/mol. The fourth-order valence-corrected chi connectivity index (χ4v) is 1.69. The van der Waals surface area contributed by atoms with Gasteiger partial charge in [-0.1, -0.05) is 48.5 Å². The molecule has 0 saturated heterocycles. The van der Waals surface area contributed by atoms with Crippen LogP contribution in [0.4, 0.5) is 4.79 Å². The smallest absolute Gasteiger partial charge is 0.410 e. The van der Waals surface area contributed by atoms with Crippen LogP contribution in [0.3, 0.4) is 0 Å². The standard InChI is InChI=1S/C16H16NO2/c1-2-17(13-14-9-5-3-6-10-14)16(18)19-15-11-7-4-8-12-15/h3-12H,1-2,13H2. The van der Waals surface area contributed by atoms with Crippen LogP contribution < -0.4 is 4.74 Å². The van der Waals surface area contributed by atoms with Crippen LogP contribution in [0, 0.1) is 6.92 Å². The van der Waals surface area contributed by atoms with Crippen molar-refractivity contribution < 1.29 is 9.53 Å². The first-order valence-corrected chi connectivity index (χ1v) is 6.14. The van der Waals surface area contributed by atoms with Crippen molar-refractivity contribution in [1.29, 1.82) is 0 Å². The number of hydrogen-bond acceptors (Lipinski definition) is 2. The Hall–Kier alpha value is -2.29. The van der Waals surface area contributed by atoms with Crippen LogP contribution in [0.2, 0.25) is 0 Å². The molecule has 0 aromatic heterocycles. The maximum atomic E-state index is 12.0. The molecule has 2 rings (SSSR count). The van der Waals surface area contributed by atoms with E-state index in [1.54, 1.807) is 17.0 Å². The third-order valence-corrected chi connectivity index (χ3v) is 2.69. The van der Waals surface area contributed by atoms with Gasteiger partial charge in [-0.05, 0) is 24.6 Å². The highest BCUT2D eigenvalue weighted by atomic mass is 16.6. The summed E-state index contributed by atoms with van der Waals surface area (Å²) >= 11 is 0. The molecule has 0 spiro atoms. The number of carbonyl (C=O) groups excluding carboxylic acids is 1. The predicted molar refractivity (Wildman–Crippen MR) is 74.7 cm³/mol. The van der Waals surface area contributed by atoms with Crippen LogP contribution in [-0.2, 0) is 6.54 Å². The van der Waals surface area contributed by atoms with Crippen LogP contribution >= 0.6 is 0 Å². The van der Waals surface area contributed by atoms with Gasteiger partial charge in [-0.15, -0.1) is 0 Å². The predicted octanol–water partition coefficient (Wildman–Crippen LogP) is 3.52. The summed E-state index contributed by atoms with van der Waals surface area (Å²) in [5, 5.41) is 0. The lowest BCUT2D eigenvalue weighted by molar-refractivity contribution is 0.154. The molecular formula is C16H16NO2. The molecule has 2 aromatic rings. The van der Waals surface area contributed by atoms with Crippen molar-refractivity contribution in [3.63, 3.8) is 0 Å². The third-order valence-electron chi connectivity index (χ3n) is 2.69. The van der Waals surface area contributed by atoms with E-state index in [-0.39, 0.29) is 6.09 Å². The van der Waals surface area contributed by atoms with E-state index >= 15 is 0 Å². The molecule has 3 nitrogen and oxygen atoms in total. The van der Waals surface area contributed by atoms with E-state index in [1.165, 1.54) is 0 Å². The largest absolute Gasteiger partial charge is 0.415 e. The highest BCUT2D eigenvalue weighted by molar-refractivity contribution is 5.70. The molecule has 1 amide bonds. The lowest BCUT2D eigenvalue weighted by Crippen LogP contribution is -2.32. The quantitative estimate of drug-likeness (QED) is 0.835. The number of hydrogen-bond donors (Lipinski definition) is 0. The lowest BCUT2D eigenvalue weighted by Gasteiger charge is -2.20. The van der Waals surface area contributed by atoms with Crippen LogP contribution in [0.5, 0.6) is 5.75 Å². The van der Waals surface area contributed by atoms with Gasteiger partial charge >= 0.3 is 6.09 Å². The minimum absolute atomic E-state index is 0.362. The Labute approximate surface area is 113 Å². The molecule has 19 heavy (non-hydrogen) atoms. The molecule has 3 heteroatoms. The second-order valence-corrected chi connectivity index (χ2v) is 4.09. The van der Waals surface area contributed by atoms with E-state index in [4.69, 9.17) is 4.74 Å². The number of benzene rings is 2. The summed E-state index contributed by atoms with van der Waals surface area (Å²) < 4.78 is 5.29. The van der Waals surface area contributed by atoms with E-state index < -0.39 is 0 Å². The number of para-hydroxylation sites is 1. The Morgan fingerprint density at radius 3 is 2.16 bits per heavy atom. The lowest BCUT2D eigenvalue weighted by atomic mass is 10.2. The van der Waals surface area contributed by atoms with Gasteiger partial charge in [-0.2, -0.15) is 0 Å². The van der Waals surface area contributed by atoms with Gasteiger partial charge in [0.1, 0.15) is 5.75 Å². The summed E-state index contributed by atoms with van der Waals surface area (Å²) in [6, 6.07) is 18.8. The van der Waals surface area contributed by atoms with E-state index in [0.717, 1.165) is 5.56 Å². The van der Waals surface area contributed by atoms with Gasteiger partial charge in [0.05, 0.1) is 0 Å². The molecule has 0 aliphatic heterocycles. The summed E-state index contributed by atoms with van der Waals surface area (Å²) in [6.07, 6.45) is -0.384. The van der Waals surface area contributed by atoms with E-state index in [9.17, 15) is 4.79 Å². The number of amides is 1. The summed E-state index contributed by atoms with van der Waals surface area (Å²) in [7, 11) is 0. The molecule has 0 unspecified atom stereocenters. The fourth-order valence-electron chi connectivity index (χ4n) is 1.69. The molecule has 0 aliphatic rings. The minimum atomic E-state index is -0.384. The average molecular weight is 254 g/mol. The van der Waals surface area contributed by atoms with Gasteiger partial charge in [-0.25, -0.2) is 4.79 Å². The first kappa shape index (κ1) is 13.1. The number of nitrogens with zero attached hydrogens (tertiary/aromatic N) is 1. The van der Waals surface area contributed by atoms with E-state index in [0.29, 0.717) is 18.8 Å². The van der Waals surface area contributed by atoms with Crippen molar-refractivity contribution in [2.45, 2.75) is 6.54 Å². The van der Waals surface area contributed by atoms with Gasteiger partial charge < -0.3 is 9.64 Å². The number of ether oxygens (including phenoxy) is 1. The molecule has 97 valence electrons. The maximum Gasteiger partial charge on any atom is 0.415 e. The third kappa shape index (κ3) is 3.85. The van der Waals surface area contributed by atoms with Crippen molar-refractivity contribution in [3.05, 3.63) is 73.2 Å². The second kappa shape index (κ2) is 6.59. The highest BCUT2D eigenvalue weighted by Gasteiger charge is 2.14. The molecule has 0 aliphatic carbocycles. The zero-order chi connectivity index (χ0) is 13.5. The van der Waals surface area contributed by atoms with Crippen molar-refractivity contribution in [2.75, 3.05) is 6.54 Å². The molecule has 0 bridgehead atoms. The first-order chi connectivity index (χ1) is 9.29. The van der Waals surface area contributed by atoms with Crippen molar-refractivity contribution in [1.82, 2.24) is 4.90 Å². The van der Waals surface area contributed by atoms with Gasteiger partial charge in [0, 0.05) is 13.1 Å². The van der Waals surface area contributed by atoms with Gasteiger partial charge in [0.15, 0.2) is 0 Å². The Morgan fingerprint density at radius 1 is 1.00 bits per heavy atom. The Balaban J connectivity index is 2.00. The highest BCUT2D eigenvalue weighted by Crippen LogP contribution is 2.12. The zero-order valence-electron chi connectivity index (χ0n) is 10.7. The van der Waals surface area contributed by atoms with Crippen molar-refractivity contribution >= 4 is 6.09 Å². The van der Waals surface area contributed by atoms with E-state index in [1.807, 2.05) is 48.5 Å². The van der Waals surface area contributed by atoms with Crippen LogP contribution in [0.1, 0.15) is 5.56 Å². The molecule has 2 aromatic carbocycles. The van der Waals surface area contributed by atoms with Crippen molar-refractivity contribution in [2.24, 2.45) is 0 Å². The number of rotatable bonds is 4. The van der Waals surface area contributed by atoms with Crippen molar-refractivity contribution in [3.8, 4) is 5.75 Å². The van der Waals surface area contributed by atoms with Gasteiger partial charge in [0.2, 0.25) is 0 Å². The van der Waals surface area contributed by atoms with Gasteiger partial charge in [-0.3, -0.25) is 0 Å². The summed E-state index contributed by atoms with van der Waals surface area (Å²) in [6.45, 7) is 4.63. The Bertz CT molecular complexity index is 511. The maximum absolute atomic E-state index is 12.0. The zero-order valence-corrected chi connectivity index (χ0v) is 10.7. The molecule has 0 heterocycles. The topological polar surface area (TPSA) is 29.5 Å². The number of carbonyl (C=O) groups is 1. The summed E-state index contributed by atoms with van der Waals surface area (Å²) in [5.74, 6) is 0.541. The molecule has 0 N–H and O–H groups in total. The molecule has 0 fully saturated rings. The second-order valence-electron chi connectivity index (χ2n) is 4.09. The SMILES string of the molecule is [CH2]CN(Cc1ccccc1)C(=O)Oc1ccccc1. The molecule has 1 radical (unpaired) electrons.